The van der Waals surface area contributed by atoms with Crippen LogP contribution >= 0.6 is 23.2 Å². The van der Waals surface area contributed by atoms with Gasteiger partial charge in [0, 0.05) is 39.7 Å². The van der Waals surface area contributed by atoms with E-state index in [2.05, 4.69) is 41.5 Å². The van der Waals surface area contributed by atoms with Crippen molar-refractivity contribution in [2.24, 2.45) is 9.98 Å². The highest BCUT2D eigenvalue weighted by Crippen LogP contribution is 2.40. The maximum atomic E-state index is 6.79. The molecule has 0 N–H and O–H groups in total. The molecular formula is C31H41AlCl2N2O3. The lowest BCUT2D eigenvalue weighted by atomic mass is 9.85. The van der Waals surface area contributed by atoms with Crippen molar-refractivity contribution in [3.63, 3.8) is 0 Å². The first-order valence-electron chi connectivity index (χ1n) is 14.0. The van der Waals surface area contributed by atoms with Crippen molar-refractivity contribution in [1.82, 2.24) is 0 Å². The average molecular weight is 588 g/mol. The van der Waals surface area contributed by atoms with Crippen LogP contribution in [0.2, 0.25) is 10.0 Å². The fraction of sp³-hybridized carbons (Fsp3) is 0.548. The van der Waals surface area contributed by atoms with E-state index < -0.39 is 15.1 Å². The molecule has 2 aromatic rings. The van der Waals surface area contributed by atoms with Gasteiger partial charge in [-0.25, -0.2) is 0 Å². The second-order valence-corrected chi connectivity index (χ2v) is 15.1. The van der Waals surface area contributed by atoms with E-state index in [0.717, 1.165) is 47.9 Å². The highest BCUT2D eigenvalue weighted by molar-refractivity contribution is 6.39. The molecule has 1 saturated carbocycles. The third-order valence-electron chi connectivity index (χ3n) is 7.10. The first-order valence-corrected chi connectivity index (χ1v) is 16.1. The Morgan fingerprint density at radius 3 is 1.54 bits per heavy atom. The molecule has 0 aromatic heterocycles. The Morgan fingerprint density at radius 2 is 1.18 bits per heavy atom. The molecule has 210 valence electrons. The molecule has 2 aliphatic rings. The zero-order chi connectivity index (χ0) is 28.5. The van der Waals surface area contributed by atoms with E-state index in [4.69, 9.17) is 44.6 Å². The fourth-order valence-corrected chi connectivity index (χ4v) is 7.05. The molecule has 1 fully saturated rings. The molecule has 0 spiro atoms. The van der Waals surface area contributed by atoms with Crippen LogP contribution in [0.4, 0.5) is 0 Å². The number of nitrogens with zero attached hydrogens (tertiary/aromatic N) is 2. The van der Waals surface area contributed by atoms with Gasteiger partial charge >= 0.3 is 15.1 Å². The van der Waals surface area contributed by atoms with Crippen LogP contribution in [0.1, 0.15) is 103 Å². The molecule has 2 aromatic carbocycles. The van der Waals surface area contributed by atoms with Crippen LogP contribution in [0, 0.1) is 0 Å². The van der Waals surface area contributed by atoms with Crippen LogP contribution < -0.4 is 7.58 Å². The van der Waals surface area contributed by atoms with Crippen molar-refractivity contribution in [3.8, 4) is 11.5 Å². The number of hydrogen-bond donors (Lipinski definition) is 0. The van der Waals surface area contributed by atoms with Crippen LogP contribution in [0.15, 0.2) is 34.3 Å². The first-order chi connectivity index (χ1) is 18.2. The third-order valence-corrected chi connectivity index (χ3v) is 9.16. The first kappa shape index (κ1) is 30.4. The van der Waals surface area contributed by atoms with Crippen molar-refractivity contribution in [1.29, 1.82) is 0 Å². The van der Waals surface area contributed by atoms with Gasteiger partial charge in [-0.05, 0) is 72.9 Å². The maximum Gasteiger partial charge on any atom is 1.10 e. The maximum absolute atomic E-state index is 6.79. The molecule has 4 rings (SSSR count). The summed E-state index contributed by atoms with van der Waals surface area (Å²) in [5.74, 6) is 1.43. The van der Waals surface area contributed by atoms with Gasteiger partial charge in [-0.3, -0.25) is 9.98 Å². The molecule has 1 aliphatic carbocycles. The van der Waals surface area contributed by atoms with Crippen molar-refractivity contribution in [3.05, 3.63) is 56.6 Å². The summed E-state index contributed by atoms with van der Waals surface area (Å²) in [5.41, 5.74) is 3.19. The van der Waals surface area contributed by atoms with E-state index in [9.17, 15) is 0 Å². The Bertz CT molecular complexity index is 1160. The summed E-state index contributed by atoms with van der Waals surface area (Å²) in [6.45, 7) is 16.9. The van der Waals surface area contributed by atoms with Crippen LogP contribution in [-0.2, 0) is 14.6 Å². The summed E-state index contributed by atoms with van der Waals surface area (Å²) in [7, 11) is 0. The Balaban J connectivity index is 1.98. The SMILES string of the molecule is CC(C)[O][Al]1[O]c2c(cc(Cl)cc2C(C)(C)C)C=N[C@@H]2CCCC[C@H]2N=Cc2cc(Cl)cc(C(C)(C)C)c2[O]1. The molecule has 0 bridgehead atoms. The normalized spacial score (nSPS) is 20.1. The van der Waals surface area contributed by atoms with Gasteiger partial charge < -0.3 is 11.4 Å². The van der Waals surface area contributed by atoms with Gasteiger partial charge in [-0.1, -0.05) is 77.6 Å². The van der Waals surface area contributed by atoms with Crippen molar-refractivity contribution in [2.45, 2.75) is 110 Å². The largest absolute Gasteiger partial charge is 1.10 e. The molecule has 1 heterocycles. The second kappa shape index (κ2) is 12.1. The number of halogens is 2. The summed E-state index contributed by atoms with van der Waals surface area (Å²) in [6.07, 6.45) is 7.98. The van der Waals surface area contributed by atoms with Crippen molar-refractivity contribution in [2.75, 3.05) is 0 Å². The molecule has 39 heavy (non-hydrogen) atoms. The van der Waals surface area contributed by atoms with Gasteiger partial charge in [0.05, 0.1) is 23.6 Å². The zero-order valence-corrected chi connectivity index (χ0v) is 27.1. The zero-order valence-electron chi connectivity index (χ0n) is 24.5. The summed E-state index contributed by atoms with van der Waals surface area (Å²) in [4.78, 5) is 10.1. The van der Waals surface area contributed by atoms with Gasteiger partial charge in [-0.15, -0.1) is 0 Å². The van der Waals surface area contributed by atoms with E-state index in [1.807, 2.05) is 50.5 Å². The molecule has 2 atom stereocenters. The molecule has 0 saturated heterocycles. The van der Waals surface area contributed by atoms with Crippen LogP contribution in [0.25, 0.3) is 0 Å². The predicted octanol–water partition coefficient (Wildman–Crippen LogP) is 8.62. The lowest BCUT2D eigenvalue weighted by Crippen LogP contribution is -2.38. The Morgan fingerprint density at radius 1 is 0.769 bits per heavy atom. The molecule has 0 radical (unpaired) electrons. The molecule has 5 nitrogen and oxygen atoms in total. The third kappa shape index (κ3) is 7.60. The fourth-order valence-electron chi connectivity index (χ4n) is 5.08. The minimum Gasteiger partial charge on any atom is -0.587 e. The quantitative estimate of drug-likeness (QED) is 0.331. The van der Waals surface area contributed by atoms with Crippen LogP contribution in [-0.4, -0.2) is 45.8 Å². The highest BCUT2D eigenvalue weighted by atomic mass is 35.5. The van der Waals surface area contributed by atoms with E-state index in [0.29, 0.717) is 21.5 Å². The minimum atomic E-state index is -2.80. The Kier molecular flexibility index (Phi) is 9.46. The van der Waals surface area contributed by atoms with Gasteiger partial charge in [0.2, 0.25) is 0 Å². The number of benzene rings is 2. The second-order valence-electron chi connectivity index (χ2n) is 12.9. The lowest BCUT2D eigenvalue weighted by molar-refractivity contribution is 0.153. The van der Waals surface area contributed by atoms with E-state index >= 15 is 0 Å². The number of aliphatic imine (C=N–C) groups is 2. The molecule has 8 heteroatoms. The topological polar surface area (TPSA) is 52.4 Å². The minimum absolute atomic E-state index is 0.0752. The summed E-state index contributed by atoms with van der Waals surface area (Å²) in [5, 5.41) is 1.30. The Labute approximate surface area is 249 Å². The summed E-state index contributed by atoms with van der Waals surface area (Å²) in [6, 6.07) is 7.96. The lowest BCUT2D eigenvalue weighted by Gasteiger charge is -2.29. The van der Waals surface area contributed by atoms with Crippen LogP contribution in [0.5, 0.6) is 11.5 Å². The summed E-state index contributed by atoms with van der Waals surface area (Å²) < 4.78 is 20.0. The van der Waals surface area contributed by atoms with Crippen molar-refractivity contribution < 1.29 is 11.4 Å². The van der Waals surface area contributed by atoms with Gasteiger partial charge in [0.15, 0.2) is 0 Å². The van der Waals surface area contributed by atoms with E-state index in [-0.39, 0.29) is 29.0 Å². The van der Waals surface area contributed by atoms with Gasteiger partial charge in [0.25, 0.3) is 0 Å². The van der Waals surface area contributed by atoms with Crippen LogP contribution in [0.3, 0.4) is 0 Å². The monoisotopic (exact) mass is 586 g/mol. The number of fused-ring (bicyclic) bond motifs is 3. The van der Waals surface area contributed by atoms with Gasteiger partial charge in [0.1, 0.15) is 0 Å². The van der Waals surface area contributed by atoms with E-state index in [1.165, 1.54) is 0 Å². The number of rotatable bonds is 2. The highest BCUT2D eigenvalue weighted by Gasteiger charge is 2.44. The standard InChI is InChI=1S/C28H36Cl2N2O2.C3H7O.Al/c1-27(2,3)21-13-19(29)11-17(25(21)33)15-31-23-9-7-8-10-24(23)32-16-18-12-20(30)14-22(26(18)34)28(4,5)6;1-3(2)4;/h11-16,23-24,33-34H,7-10H2,1-6H3;3H,1-2H3;/q;-1;+3/p-2/t23-,24-;;/m1../s1. The molecule has 0 unspecified atom stereocenters. The van der Waals surface area contributed by atoms with Crippen molar-refractivity contribution >= 4 is 50.8 Å². The molecule has 0 amide bonds. The molecule has 1 aliphatic heterocycles. The van der Waals surface area contributed by atoms with E-state index in [1.54, 1.807) is 0 Å². The smallest absolute Gasteiger partial charge is 0.587 e. The molecular weight excluding hydrogens is 546 g/mol. The average Bonchev–Trinajstić information content (AvgIpc) is 2.82. The van der Waals surface area contributed by atoms with Gasteiger partial charge in [-0.2, -0.15) is 0 Å². The summed E-state index contributed by atoms with van der Waals surface area (Å²) >= 11 is 10.5. The Hall–Kier alpha value is -1.55. The number of hydrogen-bond acceptors (Lipinski definition) is 5. The predicted molar refractivity (Wildman–Crippen MR) is 165 cm³/mol.